The van der Waals surface area contributed by atoms with Crippen LogP contribution in [-0.2, 0) is 0 Å². The van der Waals surface area contributed by atoms with Crippen LogP contribution in [0.15, 0.2) is 48.5 Å². The molecule has 1 heterocycles. The predicted octanol–water partition coefficient (Wildman–Crippen LogP) is 2.98. The van der Waals surface area contributed by atoms with Crippen LogP contribution in [0.5, 0.6) is 5.75 Å². The van der Waals surface area contributed by atoms with Crippen molar-refractivity contribution >= 4 is 11.5 Å². The molecule has 1 atom stereocenters. The van der Waals surface area contributed by atoms with Crippen LogP contribution in [0.25, 0.3) is 0 Å². The smallest absolute Gasteiger partial charge is 0.162 e. The zero-order valence-electron chi connectivity index (χ0n) is 16.2. The van der Waals surface area contributed by atoms with Gasteiger partial charge in [0.05, 0.1) is 5.69 Å². The van der Waals surface area contributed by atoms with E-state index in [-0.39, 0.29) is 18.2 Å². The first-order chi connectivity index (χ1) is 13.6. The van der Waals surface area contributed by atoms with Crippen molar-refractivity contribution in [3.63, 3.8) is 0 Å². The average Bonchev–Trinajstić information content (AvgIpc) is 2.73. The van der Waals surface area contributed by atoms with Crippen molar-refractivity contribution in [3.8, 4) is 5.75 Å². The number of hydrogen-bond acceptors (Lipinski definition) is 5. The van der Waals surface area contributed by atoms with Gasteiger partial charge in [0.2, 0.25) is 0 Å². The summed E-state index contributed by atoms with van der Waals surface area (Å²) < 4.78 is 19.5. The fraction of sp³-hybridized carbons (Fsp3) is 0.409. The number of piperazine rings is 1. The first-order valence-electron chi connectivity index (χ1n) is 9.72. The lowest BCUT2D eigenvalue weighted by atomic mass is 10.1. The number of nitrogens with zero attached hydrogens (tertiary/aromatic N) is 2. The number of β-amino-alcohol motifs (C(OH)–C–C–N with tert-alkyl or cyclic N) is 1. The third-order valence-electron chi connectivity index (χ3n) is 4.97. The van der Waals surface area contributed by atoms with Crippen molar-refractivity contribution in [3.05, 3.63) is 59.9 Å². The van der Waals surface area contributed by atoms with Gasteiger partial charge in [-0.15, -0.1) is 0 Å². The van der Waals surface area contributed by atoms with E-state index in [4.69, 9.17) is 4.74 Å². The molecular formula is C22H27FN2O3. The molecular weight excluding hydrogens is 359 g/mol. The zero-order valence-corrected chi connectivity index (χ0v) is 16.2. The molecule has 1 N–H and O–H groups in total. The van der Waals surface area contributed by atoms with E-state index in [0.29, 0.717) is 30.0 Å². The molecule has 0 spiro atoms. The summed E-state index contributed by atoms with van der Waals surface area (Å²) in [5.41, 5.74) is 1.30. The molecule has 2 aromatic rings. The van der Waals surface area contributed by atoms with Crippen LogP contribution >= 0.6 is 0 Å². The first-order valence-corrected chi connectivity index (χ1v) is 9.72. The fourth-order valence-corrected chi connectivity index (χ4v) is 3.36. The fourth-order valence-electron chi connectivity index (χ4n) is 3.36. The van der Waals surface area contributed by atoms with E-state index in [1.54, 1.807) is 36.4 Å². The molecule has 0 radical (unpaired) electrons. The molecule has 5 nitrogen and oxygen atoms in total. The highest BCUT2D eigenvalue weighted by molar-refractivity contribution is 5.95. The summed E-state index contributed by atoms with van der Waals surface area (Å²) in [4.78, 5) is 15.8. The second kappa shape index (κ2) is 9.66. The van der Waals surface area contributed by atoms with E-state index >= 15 is 0 Å². The largest absolute Gasteiger partial charge is 0.491 e. The van der Waals surface area contributed by atoms with Gasteiger partial charge in [0, 0.05) is 44.7 Å². The van der Waals surface area contributed by atoms with Gasteiger partial charge in [0.15, 0.2) is 5.78 Å². The minimum atomic E-state index is -0.614. The summed E-state index contributed by atoms with van der Waals surface area (Å²) >= 11 is 0. The van der Waals surface area contributed by atoms with E-state index in [9.17, 15) is 14.3 Å². The topological polar surface area (TPSA) is 53.0 Å². The standard InChI is InChI=1S/C22H27FN2O3/c1-2-22(27)17-7-9-19(10-8-17)28-16-18(26)15-24-11-13-25(14-12-24)21-6-4-3-5-20(21)23/h3-10,18,26H,2,11-16H2,1H3/t18-/m0/s1. The maximum atomic E-state index is 13.9. The monoisotopic (exact) mass is 386 g/mol. The number of ether oxygens (including phenoxy) is 1. The third-order valence-corrected chi connectivity index (χ3v) is 4.97. The number of aliphatic hydroxyl groups is 1. The number of para-hydroxylation sites is 1. The Kier molecular flexibility index (Phi) is 7.01. The van der Waals surface area contributed by atoms with Crippen LogP contribution in [0, 0.1) is 5.82 Å². The highest BCUT2D eigenvalue weighted by Crippen LogP contribution is 2.20. The molecule has 28 heavy (non-hydrogen) atoms. The van der Waals surface area contributed by atoms with Crippen LogP contribution in [0.1, 0.15) is 23.7 Å². The molecule has 0 amide bonds. The number of ketones is 1. The number of carbonyl (C=O) groups excluding carboxylic acids is 1. The predicted molar refractivity (Wildman–Crippen MR) is 108 cm³/mol. The number of aliphatic hydroxyl groups excluding tert-OH is 1. The molecule has 0 saturated carbocycles. The maximum Gasteiger partial charge on any atom is 0.162 e. The number of halogens is 1. The Hall–Kier alpha value is -2.44. The first kappa shape index (κ1) is 20.3. The van der Waals surface area contributed by atoms with Crippen LogP contribution < -0.4 is 9.64 Å². The number of benzene rings is 2. The van der Waals surface area contributed by atoms with Gasteiger partial charge >= 0.3 is 0 Å². The lowest BCUT2D eigenvalue weighted by molar-refractivity contribution is 0.0662. The van der Waals surface area contributed by atoms with Crippen molar-refractivity contribution in [2.24, 2.45) is 0 Å². The zero-order chi connectivity index (χ0) is 19.9. The van der Waals surface area contributed by atoms with E-state index in [1.165, 1.54) is 6.07 Å². The Morgan fingerprint density at radius 1 is 1.11 bits per heavy atom. The van der Waals surface area contributed by atoms with Crippen LogP contribution in [-0.4, -0.2) is 61.2 Å². The van der Waals surface area contributed by atoms with Crippen molar-refractivity contribution < 1.29 is 19.0 Å². The van der Waals surface area contributed by atoms with Crippen molar-refractivity contribution in [2.45, 2.75) is 19.4 Å². The van der Waals surface area contributed by atoms with Crippen LogP contribution in [0.4, 0.5) is 10.1 Å². The van der Waals surface area contributed by atoms with Gasteiger partial charge in [-0.1, -0.05) is 19.1 Å². The molecule has 150 valence electrons. The second-order valence-electron chi connectivity index (χ2n) is 7.01. The summed E-state index contributed by atoms with van der Waals surface area (Å²) in [5.74, 6) is 0.535. The Morgan fingerprint density at radius 3 is 2.43 bits per heavy atom. The number of rotatable bonds is 8. The van der Waals surface area contributed by atoms with Gasteiger partial charge in [0.25, 0.3) is 0 Å². The molecule has 0 aliphatic carbocycles. The molecule has 1 aliphatic rings. The Labute approximate surface area is 165 Å². The van der Waals surface area contributed by atoms with Gasteiger partial charge in [-0.3, -0.25) is 9.69 Å². The minimum absolute atomic E-state index is 0.0983. The van der Waals surface area contributed by atoms with E-state index in [1.807, 2.05) is 17.9 Å². The number of Topliss-reactive ketones (excluding diaryl/α,β-unsaturated/α-hetero) is 1. The highest BCUT2D eigenvalue weighted by Gasteiger charge is 2.21. The lowest BCUT2D eigenvalue weighted by Crippen LogP contribution is -2.49. The number of anilines is 1. The lowest BCUT2D eigenvalue weighted by Gasteiger charge is -2.36. The molecule has 6 heteroatoms. The normalized spacial score (nSPS) is 16.0. The van der Waals surface area contributed by atoms with Gasteiger partial charge in [-0.25, -0.2) is 4.39 Å². The minimum Gasteiger partial charge on any atom is -0.491 e. The molecule has 0 bridgehead atoms. The van der Waals surface area contributed by atoms with Gasteiger partial charge in [-0.2, -0.15) is 0 Å². The van der Waals surface area contributed by atoms with E-state index in [2.05, 4.69) is 4.90 Å². The summed E-state index contributed by atoms with van der Waals surface area (Å²) in [7, 11) is 0. The molecule has 0 unspecified atom stereocenters. The second-order valence-corrected chi connectivity index (χ2v) is 7.01. The van der Waals surface area contributed by atoms with Crippen LogP contribution in [0.3, 0.4) is 0 Å². The molecule has 1 saturated heterocycles. The molecule has 1 aliphatic heterocycles. The van der Waals surface area contributed by atoms with Gasteiger partial charge in [0.1, 0.15) is 24.3 Å². The molecule has 2 aromatic carbocycles. The molecule has 1 fully saturated rings. The van der Waals surface area contributed by atoms with Gasteiger partial charge < -0.3 is 14.7 Å². The summed E-state index contributed by atoms with van der Waals surface area (Å²) in [6.45, 7) is 5.51. The van der Waals surface area contributed by atoms with E-state index in [0.717, 1.165) is 26.2 Å². The molecule has 3 rings (SSSR count). The Morgan fingerprint density at radius 2 is 1.79 bits per heavy atom. The molecule has 0 aromatic heterocycles. The van der Waals surface area contributed by atoms with Crippen molar-refractivity contribution in [2.75, 3.05) is 44.2 Å². The Balaban J connectivity index is 1.41. The summed E-state index contributed by atoms with van der Waals surface area (Å²) in [5, 5.41) is 10.3. The highest BCUT2D eigenvalue weighted by atomic mass is 19.1. The SMILES string of the molecule is CCC(=O)c1ccc(OC[C@@H](O)CN2CCN(c3ccccc3F)CC2)cc1. The number of carbonyl (C=O) groups is 1. The quantitative estimate of drug-likeness (QED) is 0.707. The van der Waals surface area contributed by atoms with Crippen LogP contribution in [0.2, 0.25) is 0 Å². The maximum absolute atomic E-state index is 13.9. The summed E-state index contributed by atoms with van der Waals surface area (Å²) in [6, 6.07) is 13.8. The van der Waals surface area contributed by atoms with Crippen molar-refractivity contribution in [1.29, 1.82) is 0 Å². The number of hydrogen-bond donors (Lipinski definition) is 1. The Bertz CT molecular complexity index is 774. The van der Waals surface area contributed by atoms with E-state index < -0.39 is 6.10 Å². The summed E-state index contributed by atoms with van der Waals surface area (Å²) in [6.07, 6.45) is -0.139. The third kappa shape index (κ3) is 5.30. The van der Waals surface area contributed by atoms with Crippen molar-refractivity contribution in [1.82, 2.24) is 4.90 Å². The average molecular weight is 386 g/mol. The van der Waals surface area contributed by atoms with Gasteiger partial charge in [-0.05, 0) is 36.4 Å².